The highest BCUT2D eigenvalue weighted by molar-refractivity contribution is 9.10. The van der Waals surface area contributed by atoms with E-state index in [0.717, 1.165) is 21.9 Å². The van der Waals surface area contributed by atoms with Gasteiger partial charge in [-0.25, -0.2) is 8.42 Å². The number of rotatable bonds is 15. The fraction of sp³-hybridized carbons (Fsp3) is 0.375. The van der Waals surface area contributed by atoms with Crippen LogP contribution >= 0.6 is 27.5 Å². The van der Waals surface area contributed by atoms with Gasteiger partial charge in [0, 0.05) is 36.9 Å². The minimum absolute atomic E-state index is 0.0369. The van der Waals surface area contributed by atoms with Crippen LogP contribution in [0.2, 0.25) is 5.02 Å². The van der Waals surface area contributed by atoms with Crippen molar-refractivity contribution in [1.29, 1.82) is 0 Å². The van der Waals surface area contributed by atoms with Crippen molar-refractivity contribution in [2.24, 2.45) is 5.92 Å². The summed E-state index contributed by atoms with van der Waals surface area (Å²) in [4.78, 5) is 29.1. The van der Waals surface area contributed by atoms with E-state index < -0.39 is 16.1 Å². The first kappa shape index (κ1) is 34.4. The predicted molar refractivity (Wildman–Crippen MR) is 176 cm³/mol. The van der Waals surface area contributed by atoms with E-state index in [-0.39, 0.29) is 48.7 Å². The molecule has 3 aromatic rings. The van der Waals surface area contributed by atoms with Gasteiger partial charge in [-0.3, -0.25) is 13.9 Å². The third kappa shape index (κ3) is 10.5. The first-order valence-corrected chi connectivity index (χ1v) is 17.1. The second-order valence-corrected chi connectivity index (χ2v) is 14.0. The summed E-state index contributed by atoms with van der Waals surface area (Å²) >= 11 is 9.72. The minimum atomic E-state index is -3.67. The Morgan fingerprint density at radius 2 is 1.67 bits per heavy atom. The van der Waals surface area contributed by atoms with E-state index in [9.17, 15) is 18.0 Å². The zero-order valence-corrected chi connectivity index (χ0v) is 28.1. The van der Waals surface area contributed by atoms with E-state index in [2.05, 4.69) is 21.2 Å². The van der Waals surface area contributed by atoms with Crippen LogP contribution in [0.1, 0.15) is 37.8 Å². The van der Waals surface area contributed by atoms with Crippen molar-refractivity contribution in [1.82, 2.24) is 10.2 Å². The molecule has 1 atom stereocenters. The number of benzene rings is 3. The minimum Gasteiger partial charge on any atom is -0.495 e. The Hall–Kier alpha value is -3.08. The van der Waals surface area contributed by atoms with Crippen molar-refractivity contribution in [2.45, 2.75) is 45.7 Å². The Morgan fingerprint density at radius 1 is 1.00 bits per heavy atom. The quantitative estimate of drug-likeness (QED) is 0.209. The van der Waals surface area contributed by atoms with E-state index in [4.69, 9.17) is 16.3 Å². The Morgan fingerprint density at radius 3 is 2.26 bits per heavy atom. The molecule has 0 unspecified atom stereocenters. The van der Waals surface area contributed by atoms with Gasteiger partial charge in [0.05, 0.1) is 24.1 Å². The molecule has 0 spiro atoms. The van der Waals surface area contributed by atoms with Gasteiger partial charge < -0.3 is 15.0 Å². The van der Waals surface area contributed by atoms with Gasteiger partial charge in [-0.1, -0.05) is 83.8 Å². The zero-order chi connectivity index (χ0) is 31.6. The molecule has 0 aliphatic heterocycles. The highest BCUT2D eigenvalue weighted by Crippen LogP contribution is 2.30. The number of methoxy groups -OCH3 is 1. The summed E-state index contributed by atoms with van der Waals surface area (Å²) in [7, 11) is -2.19. The van der Waals surface area contributed by atoms with Gasteiger partial charge in [-0.2, -0.15) is 0 Å². The van der Waals surface area contributed by atoms with Crippen LogP contribution in [-0.4, -0.2) is 57.6 Å². The Labute approximate surface area is 268 Å². The molecule has 0 aromatic heterocycles. The van der Waals surface area contributed by atoms with E-state index in [1.54, 1.807) is 17.0 Å². The summed E-state index contributed by atoms with van der Waals surface area (Å²) in [5.74, 6) is 0.196. The van der Waals surface area contributed by atoms with Gasteiger partial charge in [-0.15, -0.1) is 0 Å². The molecule has 0 radical (unpaired) electrons. The zero-order valence-electron chi connectivity index (χ0n) is 24.9. The lowest BCUT2D eigenvalue weighted by molar-refractivity contribution is -0.141. The monoisotopic (exact) mass is 691 g/mol. The highest BCUT2D eigenvalue weighted by Gasteiger charge is 2.30. The lowest BCUT2D eigenvalue weighted by atomic mass is 10.0. The summed E-state index contributed by atoms with van der Waals surface area (Å²) in [5.41, 5.74) is 2.18. The second kappa shape index (κ2) is 16.1. The molecule has 1 N–H and O–H groups in total. The number of halogens is 2. The molecule has 0 fully saturated rings. The molecule has 232 valence electrons. The Balaban J connectivity index is 1.88. The largest absolute Gasteiger partial charge is 0.495 e. The van der Waals surface area contributed by atoms with E-state index in [1.807, 2.05) is 68.4 Å². The molecule has 0 aliphatic rings. The Kier molecular flexibility index (Phi) is 12.9. The smallest absolute Gasteiger partial charge is 0.243 e. The maximum absolute atomic E-state index is 13.9. The summed E-state index contributed by atoms with van der Waals surface area (Å²) in [6.07, 6.45) is 1.72. The summed E-state index contributed by atoms with van der Waals surface area (Å²) in [6, 6.07) is 21.2. The number of hydrogen-bond donors (Lipinski definition) is 1. The van der Waals surface area contributed by atoms with E-state index >= 15 is 0 Å². The van der Waals surface area contributed by atoms with Crippen LogP contribution in [-0.2, 0) is 32.6 Å². The number of carbonyl (C=O) groups excluding carboxylic acids is 2. The highest BCUT2D eigenvalue weighted by atomic mass is 79.9. The second-order valence-electron chi connectivity index (χ2n) is 10.8. The number of anilines is 1. The SMILES string of the molecule is COc1ccc(N(CCCC(=O)N(Cc2ccc(Br)cc2)[C@H](Cc2ccccc2)C(=O)NCC(C)C)S(C)(=O)=O)cc1Cl. The van der Waals surface area contributed by atoms with Crippen LogP contribution < -0.4 is 14.4 Å². The molecule has 0 bridgehead atoms. The molecule has 2 amide bonds. The first-order valence-electron chi connectivity index (χ1n) is 14.1. The molecular weight excluding hydrogens is 654 g/mol. The average Bonchev–Trinajstić information content (AvgIpc) is 2.96. The molecule has 0 aliphatic carbocycles. The molecule has 0 saturated heterocycles. The molecular formula is C32H39BrClN3O5S. The number of hydrogen-bond acceptors (Lipinski definition) is 5. The number of ether oxygens (including phenoxy) is 1. The lowest BCUT2D eigenvalue weighted by Crippen LogP contribution is -2.51. The predicted octanol–water partition coefficient (Wildman–Crippen LogP) is 6.07. The van der Waals surface area contributed by atoms with Crippen LogP contribution in [0, 0.1) is 5.92 Å². The van der Waals surface area contributed by atoms with Crippen LogP contribution in [0.25, 0.3) is 0 Å². The normalized spacial score (nSPS) is 12.1. The number of amides is 2. The van der Waals surface area contributed by atoms with Crippen molar-refractivity contribution >= 4 is 55.1 Å². The molecule has 11 heteroatoms. The van der Waals surface area contributed by atoms with Crippen LogP contribution in [0.4, 0.5) is 5.69 Å². The topological polar surface area (TPSA) is 96.0 Å². The van der Waals surface area contributed by atoms with Crippen molar-refractivity contribution in [3.63, 3.8) is 0 Å². The number of nitrogens with one attached hydrogen (secondary N) is 1. The molecule has 43 heavy (non-hydrogen) atoms. The van der Waals surface area contributed by atoms with Crippen molar-refractivity contribution in [3.05, 3.63) is 93.4 Å². The summed E-state index contributed by atoms with van der Waals surface area (Å²) in [6.45, 7) is 4.80. The molecule has 0 saturated carbocycles. The maximum atomic E-state index is 13.9. The Bertz CT molecular complexity index is 1470. The van der Waals surface area contributed by atoms with Gasteiger partial charge in [0.25, 0.3) is 0 Å². The van der Waals surface area contributed by atoms with E-state index in [1.165, 1.54) is 17.5 Å². The molecule has 3 aromatic carbocycles. The van der Waals surface area contributed by atoms with Crippen molar-refractivity contribution < 1.29 is 22.7 Å². The molecule has 0 heterocycles. The van der Waals surface area contributed by atoms with Crippen LogP contribution in [0.3, 0.4) is 0 Å². The maximum Gasteiger partial charge on any atom is 0.243 e. The van der Waals surface area contributed by atoms with Gasteiger partial charge in [-0.05, 0) is 53.8 Å². The first-order chi connectivity index (χ1) is 20.4. The fourth-order valence-electron chi connectivity index (χ4n) is 4.58. The van der Waals surface area contributed by atoms with Gasteiger partial charge >= 0.3 is 0 Å². The van der Waals surface area contributed by atoms with Crippen LogP contribution in [0.5, 0.6) is 5.75 Å². The molecule has 3 rings (SSSR count). The van der Waals surface area contributed by atoms with Crippen molar-refractivity contribution in [3.8, 4) is 5.75 Å². The average molecular weight is 693 g/mol. The summed E-state index contributed by atoms with van der Waals surface area (Å²) < 4.78 is 32.7. The van der Waals surface area contributed by atoms with Gasteiger partial charge in [0.15, 0.2) is 0 Å². The van der Waals surface area contributed by atoms with Gasteiger partial charge in [0.1, 0.15) is 11.8 Å². The number of nitrogens with zero attached hydrogens (tertiary/aromatic N) is 2. The number of sulfonamides is 1. The number of carbonyl (C=O) groups is 2. The fourth-order valence-corrected chi connectivity index (χ4v) is 6.05. The van der Waals surface area contributed by atoms with Crippen molar-refractivity contribution in [2.75, 3.05) is 30.8 Å². The lowest BCUT2D eigenvalue weighted by Gasteiger charge is -2.32. The molecule has 8 nitrogen and oxygen atoms in total. The van der Waals surface area contributed by atoms with E-state index in [0.29, 0.717) is 24.4 Å². The third-order valence-corrected chi connectivity index (χ3v) is 8.82. The van der Waals surface area contributed by atoms with Gasteiger partial charge in [0.2, 0.25) is 21.8 Å². The van der Waals surface area contributed by atoms with Crippen LogP contribution in [0.15, 0.2) is 77.3 Å². The summed E-state index contributed by atoms with van der Waals surface area (Å²) in [5, 5.41) is 3.29. The standard InChI is InChI=1S/C32H39BrClN3O5S/c1-23(2)21-35-32(39)29(19-24-9-6-5-7-10-24)36(22-25-12-14-26(33)15-13-25)31(38)11-8-18-37(43(4,40)41)27-16-17-30(42-3)28(34)20-27/h5-7,9-10,12-17,20,23,29H,8,11,18-19,21-22H2,1-4H3,(H,35,39)/t29-/m1/s1. The third-order valence-electron chi connectivity index (χ3n) is 6.80.